The van der Waals surface area contributed by atoms with Crippen LogP contribution in [0.4, 0.5) is 5.69 Å². The molecule has 0 atom stereocenters. The van der Waals surface area contributed by atoms with Crippen molar-refractivity contribution in [3.05, 3.63) is 126 Å². The minimum absolute atomic E-state index is 0.0466. The minimum Gasteiger partial charge on any atom is -0.494 e. The van der Waals surface area contributed by atoms with Crippen LogP contribution in [0.15, 0.2) is 82.7 Å². The van der Waals surface area contributed by atoms with E-state index in [1.807, 2.05) is 32.0 Å². The molecule has 9 nitrogen and oxygen atoms in total. The Balaban J connectivity index is 1.70. The molecule has 0 aliphatic rings. The Kier molecular flexibility index (Phi) is 9.51. The van der Waals surface area contributed by atoms with Crippen LogP contribution in [0.2, 0.25) is 10.0 Å². The number of nitro groups is 1. The van der Waals surface area contributed by atoms with E-state index in [9.17, 15) is 14.9 Å². The molecule has 0 saturated heterocycles. The largest absolute Gasteiger partial charge is 0.494 e. The lowest BCUT2D eigenvalue weighted by Gasteiger charge is -2.18. The Morgan fingerprint density at radius 3 is 2.49 bits per heavy atom. The SMILES string of the molecule is CCOc1cc(C)c(-c2nc3ccccc3c(=O)n2N=Cc2cc(Cl)cc([N+](=O)[O-])c2OCc2ccccc2Cl)cc1C(C)C. The minimum atomic E-state index is -0.586. The molecule has 5 aromatic rings. The molecule has 0 radical (unpaired) electrons. The Labute approximate surface area is 269 Å². The molecule has 0 unspecified atom stereocenters. The number of halogens is 2. The predicted octanol–water partition coefficient (Wildman–Crippen LogP) is 8.57. The van der Waals surface area contributed by atoms with Gasteiger partial charge in [0.2, 0.25) is 5.75 Å². The molecule has 1 heterocycles. The summed E-state index contributed by atoms with van der Waals surface area (Å²) in [7, 11) is 0. The molecule has 0 amide bonds. The van der Waals surface area contributed by atoms with Gasteiger partial charge in [0.15, 0.2) is 5.82 Å². The van der Waals surface area contributed by atoms with E-state index >= 15 is 0 Å². The molecular formula is C34H30Cl2N4O5. The summed E-state index contributed by atoms with van der Waals surface area (Å²) in [6, 6.07) is 20.6. The average molecular weight is 646 g/mol. The molecule has 230 valence electrons. The number of rotatable bonds is 10. The lowest BCUT2D eigenvalue weighted by atomic mass is 9.96. The van der Waals surface area contributed by atoms with Gasteiger partial charge in [-0.1, -0.05) is 67.4 Å². The van der Waals surface area contributed by atoms with Crippen molar-refractivity contribution in [1.82, 2.24) is 9.66 Å². The fraction of sp³-hybridized carbons (Fsp3) is 0.206. The van der Waals surface area contributed by atoms with Crippen LogP contribution in [0.1, 0.15) is 48.9 Å². The molecular weight excluding hydrogens is 615 g/mol. The van der Waals surface area contributed by atoms with Gasteiger partial charge >= 0.3 is 5.69 Å². The van der Waals surface area contributed by atoms with Crippen molar-refractivity contribution in [1.29, 1.82) is 0 Å². The first-order chi connectivity index (χ1) is 21.6. The maximum atomic E-state index is 13.9. The van der Waals surface area contributed by atoms with Crippen molar-refractivity contribution in [3.63, 3.8) is 0 Å². The van der Waals surface area contributed by atoms with Gasteiger partial charge in [-0.05, 0) is 67.3 Å². The fourth-order valence-corrected chi connectivity index (χ4v) is 5.36. The number of nitro benzene ring substituents is 1. The maximum Gasteiger partial charge on any atom is 0.313 e. The summed E-state index contributed by atoms with van der Waals surface area (Å²) in [5.74, 6) is 1.11. The molecule has 0 bridgehead atoms. The second-order valence-electron chi connectivity index (χ2n) is 10.6. The van der Waals surface area contributed by atoms with Crippen LogP contribution >= 0.6 is 23.2 Å². The highest BCUT2D eigenvalue weighted by Crippen LogP contribution is 2.36. The first kappa shape index (κ1) is 31.7. The van der Waals surface area contributed by atoms with Crippen molar-refractivity contribution in [2.24, 2.45) is 5.10 Å². The van der Waals surface area contributed by atoms with Crippen LogP contribution in [0, 0.1) is 17.0 Å². The standard InChI is InChI=1S/C34H30Cl2N4O5/c1-5-44-31-14-21(4)27(17-26(31)20(2)3)33-38-29-13-9-7-11-25(29)34(41)39(33)37-18-23-15-24(35)16-30(40(42)43)32(23)45-19-22-10-6-8-12-28(22)36/h6-18,20H,5,19H2,1-4H3. The zero-order chi connectivity index (χ0) is 32.2. The third-order valence-electron chi connectivity index (χ3n) is 7.18. The molecule has 0 aliphatic carbocycles. The number of nitrogens with zero attached hydrogens (tertiary/aromatic N) is 4. The Hall–Kier alpha value is -4.73. The lowest BCUT2D eigenvalue weighted by molar-refractivity contribution is -0.385. The molecule has 1 aromatic heterocycles. The van der Waals surface area contributed by atoms with Crippen LogP contribution < -0.4 is 15.0 Å². The highest BCUT2D eigenvalue weighted by Gasteiger charge is 2.22. The summed E-state index contributed by atoms with van der Waals surface area (Å²) in [6.07, 6.45) is 1.31. The number of ether oxygens (including phenoxy) is 2. The van der Waals surface area contributed by atoms with Gasteiger partial charge in [-0.2, -0.15) is 9.78 Å². The van der Waals surface area contributed by atoms with Crippen LogP contribution in [-0.4, -0.2) is 27.4 Å². The van der Waals surface area contributed by atoms with Crippen LogP contribution in [-0.2, 0) is 6.61 Å². The van der Waals surface area contributed by atoms with E-state index in [2.05, 4.69) is 18.9 Å². The van der Waals surface area contributed by atoms with E-state index in [1.165, 1.54) is 23.0 Å². The highest BCUT2D eigenvalue weighted by atomic mass is 35.5. The van der Waals surface area contributed by atoms with Crippen molar-refractivity contribution >= 4 is 46.0 Å². The summed E-state index contributed by atoms with van der Waals surface area (Å²) in [6.45, 7) is 8.43. The Morgan fingerprint density at radius 2 is 1.78 bits per heavy atom. The number of aromatic nitrogens is 2. The topological polar surface area (TPSA) is 109 Å². The molecule has 5 rings (SSSR count). The van der Waals surface area contributed by atoms with E-state index in [0.29, 0.717) is 39.5 Å². The monoisotopic (exact) mass is 644 g/mol. The summed E-state index contributed by atoms with van der Waals surface area (Å²) in [5, 5.41) is 17.5. The third-order valence-corrected chi connectivity index (χ3v) is 7.76. The summed E-state index contributed by atoms with van der Waals surface area (Å²) in [5.41, 5.74) is 3.03. The average Bonchev–Trinajstić information content (AvgIpc) is 3.00. The zero-order valence-corrected chi connectivity index (χ0v) is 26.6. The number of para-hydroxylation sites is 1. The number of hydrogen-bond donors (Lipinski definition) is 0. The molecule has 0 N–H and O–H groups in total. The summed E-state index contributed by atoms with van der Waals surface area (Å²) < 4.78 is 13.1. The first-order valence-corrected chi connectivity index (χ1v) is 15.0. The van der Waals surface area contributed by atoms with E-state index in [1.54, 1.807) is 42.5 Å². The number of hydrogen-bond acceptors (Lipinski definition) is 7. The van der Waals surface area contributed by atoms with Gasteiger partial charge in [0, 0.05) is 32.8 Å². The number of aryl methyl sites for hydroxylation is 1. The van der Waals surface area contributed by atoms with E-state index in [-0.39, 0.29) is 34.5 Å². The van der Waals surface area contributed by atoms with E-state index in [4.69, 9.17) is 37.7 Å². The van der Waals surface area contributed by atoms with Crippen LogP contribution in [0.25, 0.3) is 22.3 Å². The lowest BCUT2D eigenvalue weighted by Crippen LogP contribution is -2.21. The van der Waals surface area contributed by atoms with Crippen molar-refractivity contribution < 1.29 is 14.4 Å². The van der Waals surface area contributed by atoms with Gasteiger partial charge in [-0.3, -0.25) is 14.9 Å². The van der Waals surface area contributed by atoms with Gasteiger partial charge in [0.25, 0.3) is 5.56 Å². The third kappa shape index (κ3) is 6.69. The molecule has 0 spiro atoms. The number of fused-ring (bicyclic) bond motifs is 1. The summed E-state index contributed by atoms with van der Waals surface area (Å²) >= 11 is 12.6. The molecule has 0 saturated carbocycles. The molecule has 11 heteroatoms. The smallest absolute Gasteiger partial charge is 0.313 e. The van der Waals surface area contributed by atoms with Crippen LogP contribution in [0.5, 0.6) is 11.5 Å². The normalized spacial score (nSPS) is 11.4. The first-order valence-electron chi connectivity index (χ1n) is 14.3. The summed E-state index contributed by atoms with van der Waals surface area (Å²) in [4.78, 5) is 30.2. The van der Waals surface area contributed by atoms with Crippen molar-refractivity contribution in [2.75, 3.05) is 6.61 Å². The second-order valence-corrected chi connectivity index (χ2v) is 11.4. The van der Waals surface area contributed by atoms with Gasteiger partial charge < -0.3 is 9.47 Å². The molecule has 45 heavy (non-hydrogen) atoms. The Morgan fingerprint density at radius 1 is 1.04 bits per heavy atom. The zero-order valence-electron chi connectivity index (χ0n) is 25.1. The van der Waals surface area contributed by atoms with Crippen LogP contribution in [0.3, 0.4) is 0 Å². The Bertz CT molecular complexity index is 2010. The van der Waals surface area contributed by atoms with Crippen molar-refractivity contribution in [2.45, 2.75) is 40.2 Å². The van der Waals surface area contributed by atoms with Gasteiger partial charge in [0.05, 0.1) is 28.6 Å². The second kappa shape index (κ2) is 13.5. The van der Waals surface area contributed by atoms with E-state index < -0.39 is 10.5 Å². The van der Waals surface area contributed by atoms with Gasteiger partial charge in [-0.15, -0.1) is 0 Å². The fourth-order valence-electron chi connectivity index (χ4n) is 4.95. The van der Waals surface area contributed by atoms with E-state index in [0.717, 1.165) is 16.9 Å². The number of benzene rings is 4. The molecule has 0 aliphatic heterocycles. The molecule has 0 fully saturated rings. The predicted molar refractivity (Wildman–Crippen MR) is 178 cm³/mol. The van der Waals surface area contributed by atoms with Gasteiger partial charge in [0.1, 0.15) is 12.4 Å². The van der Waals surface area contributed by atoms with Gasteiger partial charge in [-0.25, -0.2) is 4.98 Å². The highest BCUT2D eigenvalue weighted by molar-refractivity contribution is 6.31. The maximum absolute atomic E-state index is 13.9. The quantitative estimate of drug-likeness (QED) is 0.0855. The molecule has 4 aromatic carbocycles. The van der Waals surface area contributed by atoms with Crippen molar-refractivity contribution in [3.8, 4) is 22.9 Å².